The van der Waals surface area contributed by atoms with Gasteiger partial charge in [-0.3, -0.25) is 14.3 Å². The zero-order valence-corrected chi connectivity index (χ0v) is 21.1. The summed E-state index contributed by atoms with van der Waals surface area (Å²) in [6.07, 6.45) is 6.88. The third kappa shape index (κ3) is 4.73. The molecule has 3 heterocycles. The average molecular weight is 498 g/mol. The van der Waals surface area contributed by atoms with Gasteiger partial charge in [-0.15, -0.1) is 0 Å². The Kier molecular flexibility index (Phi) is 7.01. The van der Waals surface area contributed by atoms with Crippen molar-refractivity contribution < 1.29 is 18.7 Å². The molecule has 1 aromatic heterocycles. The number of nitrogens with zero attached hydrogens (tertiary/aromatic N) is 2. The Morgan fingerprint density at radius 2 is 2.00 bits per heavy atom. The van der Waals surface area contributed by atoms with Crippen molar-refractivity contribution in [1.82, 2.24) is 15.1 Å². The highest BCUT2D eigenvalue weighted by Gasteiger charge is 2.43. The summed E-state index contributed by atoms with van der Waals surface area (Å²) in [5.41, 5.74) is 2.00. The van der Waals surface area contributed by atoms with Crippen molar-refractivity contribution in [3.05, 3.63) is 41.5 Å². The predicted molar refractivity (Wildman–Crippen MR) is 136 cm³/mol. The summed E-state index contributed by atoms with van der Waals surface area (Å²) in [6.45, 7) is 6.61. The molecule has 0 radical (unpaired) electrons. The van der Waals surface area contributed by atoms with E-state index < -0.39 is 6.04 Å². The first-order valence-electron chi connectivity index (χ1n) is 13.2. The molecular weight excluding hydrogens is 461 g/mol. The number of hydrogen-bond donors (Lipinski definition) is 3. The van der Waals surface area contributed by atoms with E-state index in [9.17, 15) is 9.59 Å². The molecule has 1 unspecified atom stereocenters. The molecule has 5 rings (SSSR count). The van der Waals surface area contributed by atoms with Crippen LogP contribution in [0, 0.1) is 17.7 Å². The molecule has 1 spiro atoms. The van der Waals surface area contributed by atoms with Crippen LogP contribution in [0.3, 0.4) is 0 Å². The second kappa shape index (κ2) is 10.2. The SMILES string of the molecule is CCn1nccc1C(=O)NC(C(=O)Nc1cc(F)c2c(c1)NCC21CCOCC1)C1CCC(C)CC1. The van der Waals surface area contributed by atoms with Gasteiger partial charge in [0.05, 0.1) is 0 Å². The number of nitrogens with one attached hydrogen (secondary N) is 3. The zero-order valence-electron chi connectivity index (χ0n) is 21.1. The van der Waals surface area contributed by atoms with Gasteiger partial charge in [0.1, 0.15) is 17.6 Å². The van der Waals surface area contributed by atoms with E-state index in [1.54, 1.807) is 16.9 Å². The van der Waals surface area contributed by atoms with Gasteiger partial charge in [-0.25, -0.2) is 4.39 Å². The van der Waals surface area contributed by atoms with E-state index in [1.807, 2.05) is 13.0 Å². The van der Waals surface area contributed by atoms with Crippen molar-refractivity contribution in [3.63, 3.8) is 0 Å². The van der Waals surface area contributed by atoms with Crippen LogP contribution in [0.25, 0.3) is 0 Å². The molecule has 1 atom stereocenters. The Morgan fingerprint density at radius 3 is 2.72 bits per heavy atom. The lowest BCUT2D eigenvalue weighted by molar-refractivity contribution is -0.119. The molecule has 36 heavy (non-hydrogen) atoms. The van der Waals surface area contributed by atoms with Gasteiger partial charge in [0.25, 0.3) is 5.91 Å². The second-order valence-corrected chi connectivity index (χ2v) is 10.6. The van der Waals surface area contributed by atoms with Gasteiger partial charge in [0, 0.05) is 54.9 Å². The van der Waals surface area contributed by atoms with Gasteiger partial charge in [-0.2, -0.15) is 5.10 Å². The molecule has 3 N–H and O–H groups in total. The summed E-state index contributed by atoms with van der Waals surface area (Å²) in [6, 6.07) is 4.17. The van der Waals surface area contributed by atoms with E-state index in [0.29, 0.717) is 49.2 Å². The number of amides is 2. The molecule has 0 bridgehead atoms. The highest BCUT2D eigenvalue weighted by atomic mass is 19.1. The maximum absolute atomic E-state index is 15.4. The minimum absolute atomic E-state index is 0.0195. The number of aromatic nitrogens is 2. The monoisotopic (exact) mass is 497 g/mol. The van der Waals surface area contributed by atoms with Crippen molar-refractivity contribution >= 4 is 23.2 Å². The van der Waals surface area contributed by atoms with Crippen LogP contribution in [0.2, 0.25) is 0 Å². The summed E-state index contributed by atoms with van der Waals surface area (Å²) >= 11 is 0. The normalized spacial score (nSPS) is 23.5. The fourth-order valence-electron chi connectivity index (χ4n) is 6.13. The number of carbonyl (C=O) groups excluding carboxylic acids is 2. The van der Waals surface area contributed by atoms with Crippen molar-refractivity contribution in [3.8, 4) is 0 Å². The molecule has 1 saturated heterocycles. The van der Waals surface area contributed by atoms with Gasteiger partial charge in [0.2, 0.25) is 5.91 Å². The lowest BCUT2D eigenvalue weighted by Gasteiger charge is -2.33. The third-order valence-corrected chi connectivity index (χ3v) is 8.30. The largest absolute Gasteiger partial charge is 0.384 e. The molecule has 2 amide bonds. The van der Waals surface area contributed by atoms with Gasteiger partial charge in [0.15, 0.2) is 0 Å². The Labute approximate surface area is 211 Å². The number of hydrogen-bond acceptors (Lipinski definition) is 5. The first-order chi connectivity index (χ1) is 17.4. The minimum atomic E-state index is -0.712. The molecule has 8 nitrogen and oxygen atoms in total. The summed E-state index contributed by atoms with van der Waals surface area (Å²) in [7, 11) is 0. The van der Waals surface area contributed by atoms with E-state index in [4.69, 9.17) is 4.74 Å². The number of aryl methyl sites for hydroxylation is 1. The molecule has 1 aliphatic carbocycles. The van der Waals surface area contributed by atoms with Crippen molar-refractivity contribution in [2.75, 3.05) is 30.4 Å². The smallest absolute Gasteiger partial charge is 0.270 e. The Bertz CT molecular complexity index is 1120. The summed E-state index contributed by atoms with van der Waals surface area (Å²) in [5.74, 6) is -0.323. The lowest BCUT2D eigenvalue weighted by Crippen LogP contribution is -2.49. The second-order valence-electron chi connectivity index (χ2n) is 10.6. The molecule has 2 fully saturated rings. The maximum Gasteiger partial charge on any atom is 0.270 e. The van der Waals surface area contributed by atoms with Crippen LogP contribution >= 0.6 is 0 Å². The topological polar surface area (TPSA) is 97.3 Å². The predicted octanol–water partition coefficient (Wildman–Crippen LogP) is 4.08. The van der Waals surface area contributed by atoms with Crippen LogP contribution in [0.1, 0.15) is 68.4 Å². The first-order valence-corrected chi connectivity index (χ1v) is 13.2. The Morgan fingerprint density at radius 1 is 1.25 bits per heavy atom. The number of carbonyl (C=O) groups is 2. The van der Waals surface area contributed by atoms with Gasteiger partial charge in [-0.05, 0) is 62.6 Å². The summed E-state index contributed by atoms with van der Waals surface area (Å²) in [5, 5.41) is 13.4. The molecular formula is C27H36FN5O3. The maximum atomic E-state index is 15.4. The molecule has 1 aromatic carbocycles. The number of ether oxygens (including phenoxy) is 1. The van der Waals surface area contributed by atoms with E-state index in [2.05, 4.69) is 28.0 Å². The summed E-state index contributed by atoms with van der Waals surface area (Å²) in [4.78, 5) is 26.7. The lowest BCUT2D eigenvalue weighted by atomic mass is 9.75. The number of anilines is 2. The minimum Gasteiger partial charge on any atom is -0.384 e. The van der Waals surface area contributed by atoms with Crippen molar-refractivity contribution in [1.29, 1.82) is 0 Å². The Balaban J connectivity index is 1.36. The van der Waals surface area contributed by atoms with E-state index >= 15 is 4.39 Å². The van der Waals surface area contributed by atoms with E-state index in [-0.39, 0.29) is 29.0 Å². The van der Waals surface area contributed by atoms with Crippen LogP contribution < -0.4 is 16.0 Å². The third-order valence-electron chi connectivity index (χ3n) is 8.30. The van der Waals surface area contributed by atoms with Crippen LogP contribution in [-0.4, -0.2) is 47.4 Å². The van der Waals surface area contributed by atoms with Crippen molar-refractivity contribution in [2.24, 2.45) is 11.8 Å². The summed E-state index contributed by atoms with van der Waals surface area (Å²) < 4.78 is 22.5. The molecule has 1 saturated carbocycles. The molecule has 2 aliphatic heterocycles. The standard InChI is InChI=1S/C27H36FN5O3/c1-3-33-22(8-11-30-33)25(34)32-24(18-6-4-17(2)5-7-18)26(35)31-19-14-20(28)23-21(15-19)29-16-27(23)9-12-36-13-10-27/h8,11,14-15,17-18,24,29H,3-7,9-10,12-13,16H2,1-2H3,(H,31,35)(H,32,34). The number of halogens is 1. The first kappa shape index (κ1) is 24.7. The highest BCUT2D eigenvalue weighted by Crippen LogP contribution is 2.46. The van der Waals surface area contributed by atoms with Crippen LogP contribution in [0.4, 0.5) is 15.8 Å². The Hall–Kier alpha value is -2.94. The molecule has 9 heteroatoms. The molecule has 194 valence electrons. The van der Waals surface area contributed by atoms with Gasteiger partial charge in [-0.1, -0.05) is 19.8 Å². The van der Waals surface area contributed by atoms with Gasteiger partial charge < -0.3 is 20.7 Å². The van der Waals surface area contributed by atoms with Crippen LogP contribution in [0.15, 0.2) is 24.4 Å². The van der Waals surface area contributed by atoms with Crippen molar-refractivity contribution in [2.45, 2.75) is 70.4 Å². The van der Waals surface area contributed by atoms with E-state index in [0.717, 1.165) is 44.2 Å². The fourth-order valence-corrected chi connectivity index (χ4v) is 6.13. The van der Waals surface area contributed by atoms with Crippen LogP contribution in [-0.2, 0) is 21.5 Å². The average Bonchev–Trinajstić information content (AvgIpc) is 3.49. The van der Waals surface area contributed by atoms with E-state index in [1.165, 1.54) is 6.07 Å². The fraction of sp³-hybridized carbons (Fsp3) is 0.593. The van der Waals surface area contributed by atoms with Crippen LogP contribution in [0.5, 0.6) is 0 Å². The number of fused-ring (bicyclic) bond motifs is 2. The van der Waals surface area contributed by atoms with Gasteiger partial charge >= 0.3 is 0 Å². The zero-order chi connectivity index (χ0) is 25.3. The quantitative estimate of drug-likeness (QED) is 0.559. The number of rotatable bonds is 6. The molecule has 2 aromatic rings. The molecule has 3 aliphatic rings. The number of benzene rings is 1. The highest BCUT2D eigenvalue weighted by molar-refractivity contribution is 6.01.